The van der Waals surface area contributed by atoms with E-state index in [1.54, 1.807) is 0 Å². The molecule has 0 amide bonds. The molecule has 0 N–H and O–H groups in total. The second kappa shape index (κ2) is 11.4. The topological polar surface area (TPSA) is 65.0 Å². The minimum Gasteiger partial charge on any atom is -0.455 e. The molecule has 234 valence electrons. The van der Waals surface area contributed by atoms with Gasteiger partial charge in [0.2, 0.25) is 0 Å². The third-order valence-electron chi connectivity index (χ3n) is 9.34. The number of para-hydroxylation sites is 2. The third kappa shape index (κ3) is 4.67. The van der Waals surface area contributed by atoms with Crippen LogP contribution in [0.5, 0.6) is 0 Å². The fourth-order valence-corrected chi connectivity index (χ4v) is 6.91. The van der Waals surface area contributed by atoms with E-state index in [4.69, 9.17) is 23.8 Å². The first-order valence-corrected chi connectivity index (χ1v) is 16.6. The van der Waals surface area contributed by atoms with E-state index in [9.17, 15) is 0 Å². The Morgan fingerprint density at radius 3 is 1.58 bits per heavy atom. The van der Waals surface area contributed by atoms with Crippen molar-refractivity contribution in [3.63, 3.8) is 0 Å². The minimum absolute atomic E-state index is 0.558. The molecular formula is C45H27N3O2. The Balaban J connectivity index is 1.17. The van der Waals surface area contributed by atoms with E-state index < -0.39 is 0 Å². The highest BCUT2D eigenvalue weighted by Gasteiger charge is 2.20. The first-order chi connectivity index (χ1) is 24.8. The Kier molecular flexibility index (Phi) is 6.42. The summed E-state index contributed by atoms with van der Waals surface area (Å²) in [6, 6.07) is 55.7. The number of hydrogen-bond acceptors (Lipinski definition) is 5. The molecule has 3 aromatic heterocycles. The van der Waals surface area contributed by atoms with Gasteiger partial charge in [0.05, 0.1) is 5.56 Å². The van der Waals surface area contributed by atoms with Crippen LogP contribution >= 0.6 is 0 Å². The molecule has 5 nitrogen and oxygen atoms in total. The van der Waals surface area contributed by atoms with Gasteiger partial charge < -0.3 is 8.83 Å². The maximum Gasteiger partial charge on any atom is 0.167 e. The number of aromatic nitrogens is 3. The van der Waals surface area contributed by atoms with Crippen LogP contribution in [0.2, 0.25) is 0 Å². The highest BCUT2D eigenvalue weighted by Crippen LogP contribution is 2.42. The SMILES string of the molecule is c1ccc(-c2cc(-c3ccc4c(c3)oc3c(-c5nc(-c6ccccc6)nc(-c6ccccc6)n5)cccc34)c3oc4ccccc4c3c2)cc1. The quantitative estimate of drug-likeness (QED) is 0.187. The largest absolute Gasteiger partial charge is 0.455 e. The summed E-state index contributed by atoms with van der Waals surface area (Å²) >= 11 is 0. The zero-order valence-electron chi connectivity index (χ0n) is 26.7. The average Bonchev–Trinajstić information content (AvgIpc) is 3.76. The lowest BCUT2D eigenvalue weighted by Gasteiger charge is -2.08. The molecule has 0 aliphatic carbocycles. The standard InChI is InChI=1S/C45H27N3O2/c1-4-13-28(14-5-1)32-25-37(42-38(26-32)33-19-10-11-22-39(33)49-42)31-23-24-34-35-20-12-21-36(41(35)50-40(34)27-31)45-47-43(29-15-6-2-7-16-29)46-44(48-45)30-17-8-3-9-18-30/h1-27H. The molecule has 0 aliphatic heterocycles. The number of benzene rings is 7. The van der Waals surface area contributed by atoms with E-state index in [2.05, 4.69) is 72.8 Å². The highest BCUT2D eigenvalue weighted by molar-refractivity contribution is 6.13. The van der Waals surface area contributed by atoms with Gasteiger partial charge in [-0.15, -0.1) is 0 Å². The number of fused-ring (bicyclic) bond motifs is 6. The lowest BCUT2D eigenvalue weighted by molar-refractivity contribution is 0.668. The minimum atomic E-state index is 0.558. The molecule has 0 saturated carbocycles. The number of furan rings is 2. The molecule has 10 aromatic rings. The van der Waals surface area contributed by atoms with Crippen LogP contribution in [-0.4, -0.2) is 15.0 Å². The summed E-state index contributed by atoms with van der Waals surface area (Å²) in [5.74, 6) is 1.78. The Morgan fingerprint density at radius 1 is 0.300 bits per heavy atom. The predicted octanol–water partition coefficient (Wildman–Crippen LogP) is 12.0. The van der Waals surface area contributed by atoms with Gasteiger partial charge >= 0.3 is 0 Å². The molecule has 0 saturated heterocycles. The summed E-state index contributed by atoms with van der Waals surface area (Å²) in [6.07, 6.45) is 0. The van der Waals surface area contributed by atoms with Crippen molar-refractivity contribution in [3.8, 4) is 56.4 Å². The van der Waals surface area contributed by atoms with Crippen LogP contribution in [0, 0.1) is 0 Å². The van der Waals surface area contributed by atoms with Crippen molar-refractivity contribution < 1.29 is 8.83 Å². The third-order valence-corrected chi connectivity index (χ3v) is 9.34. The van der Waals surface area contributed by atoms with E-state index in [0.29, 0.717) is 17.5 Å². The zero-order chi connectivity index (χ0) is 33.0. The molecule has 0 atom stereocenters. The van der Waals surface area contributed by atoms with Gasteiger partial charge in [-0.2, -0.15) is 0 Å². The summed E-state index contributed by atoms with van der Waals surface area (Å²) in [6.45, 7) is 0. The number of hydrogen-bond donors (Lipinski definition) is 0. The van der Waals surface area contributed by atoms with Gasteiger partial charge in [-0.3, -0.25) is 0 Å². The highest BCUT2D eigenvalue weighted by atomic mass is 16.3. The molecule has 50 heavy (non-hydrogen) atoms. The first-order valence-electron chi connectivity index (χ1n) is 16.6. The maximum absolute atomic E-state index is 6.75. The van der Waals surface area contributed by atoms with E-state index in [1.807, 2.05) is 91.0 Å². The molecule has 0 spiro atoms. The van der Waals surface area contributed by atoms with Gasteiger partial charge in [-0.1, -0.05) is 127 Å². The summed E-state index contributed by atoms with van der Waals surface area (Å²) in [5, 5.41) is 4.20. The van der Waals surface area contributed by atoms with Crippen molar-refractivity contribution in [2.75, 3.05) is 0 Å². The monoisotopic (exact) mass is 641 g/mol. The van der Waals surface area contributed by atoms with Gasteiger partial charge in [0.25, 0.3) is 0 Å². The summed E-state index contributed by atoms with van der Waals surface area (Å²) < 4.78 is 13.3. The molecule has 0 aliphatic rings. The van der Waals surface area contributed by atoms with Crippen LogP contribution in [0.15, 0.2) is 173 Å². The maximum atomic E-state index is 6.75. The smallest absolute Gasteiger partial charge is 0.167 e. The van der Waals surface area contributed by atoms with Gasteiger partial charge in [0.1, 0.15) is 22.3 Å². The summed E-state index contributed by atoms with van der Waals surface area (Å²) in [5.41, 5.74) is 10.2. The fourth-order valence-electron chi connectivity index (χ4n) is 6.91. The molecular weight excluding hydrogens is 615 g/mol. The molecule has 0 radical (unpaired) electrons. The van der Waals surface area contributed by atoms with E-state index in [0.717, 1.165) is 82.8 Å². The Hall–Kier alpha value is -6.85. The molecule has 7 aromatic carbocycles. The fraction of sp³-hybridized carbons (Fsp3) is 0. The van der Waals surface area contributed by atoms with Crippen LogP contribution in [0.1, 0.15) is 0 Å². The van der Waals surface area contributed by atoms with Crippen LogP contribution < -0.4 is 0 Å². The first kappa shape index (κ1) is 28.2. The van der Waals surface area contributed by atoms with Crippen molar-refractivity contribution in [2.45, 2.75) is 0 Å². The van der Waals surface area contributed by atoms with Gasteiger partial charge in [-0.25, -0.2) is 15.0 Å². The van der Waals surface area contributed by atoms with Gasteiger partial charge in [0, 0.05) is 38.2 Å². The van der Waals surface area contributed by atoms with Crippen LogP contribution in [0.4, 0.5) is 0 Å². The van der Waals surface area contributed by atoms with Crippen LogP contribution in [0.25, 0.3) is 100 Å². The second-order valence-electron chi connectivity index (χ2n) is 12.4. The Bertz CT molecular complexity index is 2800. The van der Waals surface area contributed by atoms with Crippen molar-refractivity contribution in [2.24, 2.45) is 0 Å². The van der Waals surface area contributed by atoms with Gasteiger partial charge in [-0.05, 0) is 53.1 Å². The number of rotatable bonds is 5. The molecule has 0 fully saturated rings. The summed E-state index contributed by atoms with van der Waals surface area (Å²) in [4.78, 5) is 14.8. The normalized spacial score (nSPS) is 11.6. The summed E-state index contributed by atoms with van der Waals surface area (Å²) in [7, 11) is 0. The van der Waals surface area contributed by atoms with E-state index in [1.165, 1.54) is 0 Å². The molecule has 5 heteroatoms. The lowest BCUT2D eigenvalue weighted by atomic mass is 9.95. The van der Waals surface area contributed by atoms with E-state index >= 15 is 0 Å². The molecule has 10 rings (SSSR count). The Morgan fingerprint density at radius 2 is 0.860 bits per heavy atom. The number of nitrogens with zero attached hydrogens (tertiary/aromatic N) is 3. The predicted molar refractivity (Wildman–Crippen MR) is 202 cm³/mol. The van der Waals surface area contributed by atoms with Crippen molar-refractivity contribution >= 4 is 43.9 Å². The Labute approximate surface area is 287 Å². The lowest BCUT2D eigenvalue weighted by Crippen LogP contribution is -2.00. The van der Waals surface area contributed by atoms with Crippen molar-refractivity contribution in [1.82, 2.24) is 15.0 Å². The van der Waals surface area contributed by atoms with Crippen molar-refractivity contribution in [3.05, 3.63) is 164 Å². The van der Waals surface area contributed by atoms with Crippen LogP contribution in [-0.2, 0) is 0 Å². The average molecular weight is 642 g/mol. The van der Waals surface area contributed by atoms with Crippen molar-refractivity contribution in [1.29, 1.82) is 0 Å². The van der Waals surface area contributed by atoms with Gasteiger partial charge in [0.15, 0.2) is 17.5 Å². The molecule has 0 unspecified atom stereocenters. The molecule has 0 bridgehead atoms. The second-order valence-corrected chi connectivity index (χ2v) is 12.4. The van der Waals surface area contributed by atoms with Crippen LogP contribution in [0.3, 0.4) is 0 Å². The zero-order valence-corrected chi connectivity index (χ0v) is 26.7. The van der Waals surface area contributed by atoms with E-state index in [-0.39, 0.29) is 0 Å². The molecule has 3 heterocycles.